The van der Waals surface area contributed by atoms with E-state index in [-0.39, 0.29) is 0 Å². The Hall–Kier alpha value is -0.520. The van der Waals surface area contributed by atoms with Crippen LogP contribution in [-0.4, -0.2) is 0 Å². The van der Waals surface area contributed by atoms with Crippen LogP contribution in [0.25, 0.3) is 0 Å². The summed E-state index contributed by atoms with van der Waals surface area (Å²) in [7, 11) is 0. The summed E-state index contributed by atoms with van der Waals surface area (Å²) in [5.74, 6) is 0. The first kappa shape index (κ1) is 38.5. The number of hydrogen-bond donors (Lipinski definition) is 0. The second-order valence-electron chi connectivity index (χ2n) is 12.8. The van der Waals surface area contributed by atoms with Gasteiger partial charge in [0.15, 0.2) is 0 Å². The first-order valence-corrected chi connectivity index (χ1v) is 18.7. The van der Waals surface area contributed by atoms with Crippen LogP contribution in [0.1, 0.15) is 225 Å². The Morgan fingerprint density at radius 2 is 0.513 bits per heavy atom. The molecule has 0 fully saturated rings. The quantitative estimate of drug-likeness (QED) is 0.0549. The third kappa shape index (κ3) is 37.5. The van der Waals surface area contributed by atoms with Gasteiger partial charge in [0.25, 0.3) is 0 Å². The van der Waals surface area contributed by atoms with E-state index in [1.54, 1.807) is 0 Å². The first-order valence-electron chi connectivity index (χ1n) is 18.7. The van der Waals surface area contributed by atoms with Gasteiger partial charge in [-0.3, -0.25) is 0 Å². The number of hydrogen-bond acceptors (Lipinski definition) is 0. The molecule has 232 valence electrons. The van der Waals surface area contributed by atoms with Crippen molar-refractivity contribution in [2.75, 3.05) is 0 Å². The maximum absolute atomic E-state index is 3.72. The van der Waals surface area contributed by atoms with Gasteiger partial charge >= 0.3 is 0 Å². The lowest BCUT2D eigenvalue weighted by molar-refractivity contribution is 0.511. The van der Waals surface area contributed by atoms with Gasteiger partial charge in [-0.25, -0.2) is 0 Å². The second kappa shape index (κ2) is 37.5. The number of rotatable bonds is 35. The number of unbranched alkanes of at least 4 members (excludes halogenated alkanes) is 33. The first-order chi connectivity index (χ1) is 19.4. The van der Waals surface area contributed by atoms with E-state index in [1.807, 2.05) is 6.08 Å². The highest BCUT2D eigenvalue weighted by Gasteiger charge is 1.97. The zero-order chi connectivity index (χ0) is 28.2. The monoisotopic (exact) mass is 545 g/mol. The van der Waals surface area contributed by atoms with E-state index in [1.165, 1.54) is 218 Å². The molecule has 0 bridgehead atoms. The normalized spacial score (nSPS) is 11.6. The molecule has 0 amide bonds. The van der Waals surface area contributed by atoms with Crippen molar-refractivity contribution in [1.29, 1.82) is 0 Å². The third-order valence-electron chi connectivity index (χ3n) is 8.75. The van der Waals surface area contributed by atoms with Crippen molar-refractivity contribution in [3.63, 3.8) is 0 Å². The molecule has 0 radical (unpaired) electrons. The molecule has 0 aliphatic carbocycles. The van der Waals surface area contributed by atoms with Crippen LogP contribution in [0.4, 0.5) is 0 Å². The van der Waals surface area contributed by atoms with Crippen LogP contribution in [-0.2, 0) is 0 Å². The number of allylic oxidation sites excluding steroid dienone is 3. The van der Waals surface area contributed by atoms with Crippen LogP contribution < -0.4 is 0 Å². The molecule has 39 heavy (non-hydrogen) atoms. The molecule has 0 aliphatic rings. The van der Waals surface area contributed by atoms with Crippen molar-refractivity contribution < 1.29 is 0 Å². The van der Waals surface area contributed by atoms with Crippen molar-refractivity contribution in [2.24, 2.45) is 0 Å². The lowest BCUT2D eigenvalue weighted by Gasteiger charge is -2.05. The minimum absolute atomic E-state index is 1.23. The van der Waals surface area contributed by atoms with Gasteiger partial charge in [0, 0.05) is 0 Å². The van der Waals surface area contributed by atoms with Crippen LogP contribution in [0.3, 0.4) is 0 Å². The maximum atomic E-state index is 3.72. The Labute approximate surface area is 249 Å². The molecule has 0 aromatic rings. The van der Waals surface area contributed by atoms with E-state index in [0.29, 0.717) is 0 Å². The van der Waals surface area contributed by atoms with Gasteiger partial charge in [0.1, 0.15) is 0 Å². The molecule has 0 heterocycles. The van der Waals surface area contributed by atoms with E-state index >= 15 is 0 Å². The summed E-state index contributed by atoms with van der Waals surface area (Å²) in [6, 6.07) is 0. The smallest absolute Gasteiger partial charge is 0.0348 e. The molecule has 0 nitrogen and oxygen atoms in total. The van der Waals surface area contributed by atoms with Crippen LogP contribution in [0.2, 0.25) is 0 Å². The van der Waals surface area contributed by atoms with Gasteiger partial charge in [0.2, 0.25) is 0 Å². The van der Waals surface area contributed by atoms with E-state index in [2.05, 4.69) is 25.7 Å². The van der Waals surface area contributed by atoms with Crippen LogP contribution in [0.5, 0.6) is 0 Å². The standard InChI is InChI=1S/C39H76/c1-3-5-7-9-11-13-15-17-19-21-23-25-27-29-31-33-35-37-39-38-36-34-32-30-28-26-24-22-20-18-16-14-12-10-8-6-4-2/h3,5,7H,1,4,6,8-39H2,2H3. The Balaban J connectivity index is 3.03. The van der Waals surface area contributed by atoms with E-state index in [0.717, 1.165) is 0 Å². The molecule has 0 aliphatic heterocycles. The van der Waals surface area contributed by atoms with Crippen LogP contribution in [0.15, 0.2) is 24.8 Å². The van der Waals surface area contributed by atoms with Gasteiger partial charge in [0.05, 0.1) is 0 Å². The fourth-order valence-electron chi connectivity index (χ4n) is 6.01. The Morgan fingerprint density at radius 3 is 0.718 bits per heavy atom. The molecule has 0 N–H and O–H groups in total. The fourth-order valence-corrected chi connectivity index (χ4v) is 6.01. The maximum Gasteiger partial charge on any atom is -0.0348 e. The molecule has 0 unspecified atom stereocenters. The topological polar surface area (TPSA) is 0 Å². The molecular formula is C39H76. The lowest BCUT2D eigenvalue weighted by atomic mass is 10.0. The largest absolute Gasteiger partial charge is 0.0991 e. The summed E-state index contributed by atoms with van der Waals surface area (Å²) in [5, 5.41) is 0. The van der Waals surface area contributed by atoms with Gasteiger partial charge in [-0.05, 0) is 12.8 Å². The average molecular weight is 545 g/mol. The summed E-state index contributed by atoms with van der Waals surface area (Å²) in [4.78, 5) is 0. The molecule has 0 rings (SSSR count). The summed E-state index contributed by atoms with van der Waals surface area (Å²) in [5.41, 5.74) is 0. The van der Waals surface area contributed by atoms with Crippen molar-refractivity contribution >= 4 is 0 Å². The van der Waals surface area contributed by atoms with E-state index in [4.69, 9.17) is 0 Å². The molecule has 0 heteroatoms. The second-order valence-corrected chi connectivity index (χ2v) is 12.8. The summed E-state index contributed by atoms with van der Waals surface area (Å²) in [6.07, 6.45) is 56.0. The Bertz CT molecular complexity index is 447. The summed E-state index contributed by atoms with van der Waals surface area (Å²) < 4.78 is 0. The predicted molar refractivity (Wildman–Crippen MR) is 182 cm³/mol. The zero-order valence-corrected chi connectivity index (χ0v) is 27.5. The molecule has 0 saturated carbocycles. The van der Waals surface area contributed by atoms with Crippen molar-refractivity contribution in [3.05, 3.63) is 24.8 Å². The van der Waals surface area contributed by atoms with E-state index < -0.39 is 0 Å². The summed E-state index contributed by atoms with van der Waals surface area (Å²) >= 11 is 0. The highest BCUT2D eigenvalue weighted by molar-refractivity contribution is 4.96. The van der Waals surface area contributed by atoms with E-state index in [9.17, 15) is 0 Å². The zero-order valence-electron chi connectivity index (χ0n) is 27.5. The van der Waals surface area contributed by atoms with Gasteiger partial charge < -0.3 is 0 Å². The molecule has 0 aromatic carbocycles. The Kier molecular flexibility index (Phi) is 37.0. The SMILES string of the molecule is C=CC=CCCCCCCCCCCCCCCCCCCCCCCCCCCCCCCCCCCC. The van der Waals surface area contributed by atoms with Gasteiger partial charge in [-0.1, -0.05) is 237 Å². The van der Waals surface area contributed by atoms with Gasteiger partial charge in [-0.15, -0.1) is 0 Å². The van der Waals surface area contributed by atoms with Gasteiger partial charge in [-0.2, -0.15) is 0 Å². The average Bonchev–Trinajstić information content (AvgIpc) is 2.95. The van der Waals surface area contributed by atoms with Crippen molar-refractivity contribution in [1.82, 2.24) is 0 Å². The lowest BCUT2D eigenvalue weighted by Crippen LogP contribution is -1.85. The molecule has 0 aromatic heterocycles. The fraction of sp³-hybridized carbons (Fsp3) is 0.897. The van der Waals surface area contributed by atoms with Crippen LogP contribution >= 0.6 is 0 Å². The minimum atomic E-state index is 1.23. The van der Waals surface area contributed by atoms with Crippen molar-refractivity contribution in [2.45, 2.75) is 225 Å². The molecule has 0 saturated heterocycles. The molecule has 0 spiro atoms. The summed E-state index contributed by atoms with van der Waals surface area (Å²) in [6.45, 7) is 6.03. The molecular weight excluding hydrogens is 468 g/mol. The highest BCUT2D eigenvalue weighted by Crippen LogP contribution is 2.17. The van der Waals surface area contributed by atoms with Crippen molar-refractivity contribution in [3.8, 4) is 0 Å². The minimum Gasteiger partial charge on any atom is -0.0991 e. The predicted octanol–water partition coefficient (Wildman–Crippen LogP) is 15.0. The Morgan fingerprint density at radius 1 is 0.308 bits per heavy atom. The third-order valence-corrected chi connectivity index (χ3v) is 8.75. The molecule has 0 atom stereocenters. The van der Waals surface area contributed by atoms with Crippen LogP contribution in [0, 0.1) is 0 Å². The highest BCUT2D eigenvalue weighted by atomic mass is 14.0.